The van der Waals surface area contributed by atoms with Crippen molar-refractivity contribution in [3.63, 3.8) is 0 Å². The Bertz CT molecular complexity index is 1190. The Morgan fingerprint density at radius 1 is 0.879 bits per heavy atom. The molecule has 1 fully saturated rings. The minimum absolute atomic E-state index is 0.157. The van der Waals surface area contributed by atoms with Crippen LogP contribution in [0.5, 0.6) is 5.75 Å². The molecule has 0 aliphatic carbocycles. The van der Waals surface area contributed by atoms with E-state index >= 15 is 0 Å². The summed E-state index contributed by atoms with van der Waals surface area (Å²) in [5.74, 6) is 0.415. The van der Waals surface area contributed by atoms with E-state index in [-0.39, 0.29) is 10.8 Å². The molecule has 1 aliphatic heterocycles. The molecule has 0 saturated carbocycles. The summed E-state index contributed by atoms with van der Waals surface area (Å²) in [7, 11) is -3.58. The lowest BCUT2D eigenvalue weighted by atomic mass is 10.1. The Balaban J connectivity index is 1.35. The van der Waals surface area contributed by atoms with Crippen LogP contribution in [-0.2, 0) is 10.0 Å². The smallest absolute Gasteiger partial charge is 0.251 e. The maximum absolute atomic E-state index is 12.9. The van der Waals surface area contributed by atoms with Crippen molar-refractivity contribution >= 4 is 15.9 Å². The topological polar surface area (TPSA) is 75.7 Å². The highest BCUT2D eigenvalue weighted by Gasteiger charge is 2.26. The third-order valence-electron chi connectivity index (χ3n) is 5.67. The van der Waals surface area contributed by atoms with Gasteiger partial charge in [0.05, 0.1) is 11.4 Å². The van der Waals surface area contributed by atoms with Gasteiger partial charge in [0.15, 0.2) is 0 Å². The zero-order valence-corrected chi connectivity index (χ0v) is 19.3. The van der Waals surface area contributed by atoms with Crippen molar-refractivity contribution in [3.8, 4) is 16.9 Å². The SMILES string of the molecule is O=C(NCCOc1ccccc1-c1ccccc1)c1cccc(S(=O)(=O)N2CCCCC2)c1. The van der Waals surface area contributed by atoms with Gasteiger partial charge in [-0.1, -0.05) is 61.0 Å². The Morgan fingerprint density at radius 3 is 2.39 bits per heavy atom. The van der Waals surface area contributed by atoms with Crippen molar-refractivity contribution in [1.29, 1.82) is 0 Å². The van der Waals surface area contributed by atoms with E-state index in [2.05, 4.69) is 5.32 Å². The van der Waals surface area contributed by atoms with Crippen molar-refractivity contribution < 1.29 is 17.9 Å². The van der Waals surface area contributed by atoms with Crippen molar-refractivity contribution in [2.24, 2.45) is 0 Å². The van der Waals surface area contributed by atoms with Gasteiger partial charge in [0.1, 0.15) is 12.4 Å². The predicted octanol–water partition coefficient (Wildman–Crippen LogP) is 4.34. The molecule has 0 atom stereocenters. The van der Waals surface area contributed by atoms with Gasteiger partial charge in [-0.05, 0) is 42.7 Å². The number of piperidine rings is 1. The lowest BCUT2D eigenvalue weighted by Crippen LogP contribution is -2.35. The number of sulfonamides is 1. The van der Waals surface area contributed by atoms with E-state index < -0.39 is 10.0 Å². The molecule has 3 aromatic carbocycles. The molecule has 0 spiro atoms. The molecule has 7 heteroatoms. The van der Waals surface area contributed by atoms with Crippen LogP contribution in [0.25, 0.3) is 11.1 Å². The van der Waals surface area contributed by atoms with Crippen LogP contribution in [0, 0.1) is 0 Å². The van der Waals surface area contributed by atoms with Gasteiger partial charge in [0.2, 0.25) is 10.0 Å². The Hall–Kier alpha value is -3.16. The average Bonchev–Trinajstić information content (AvgIpc) is 2.88. The van der Waals surface area contributed by atoms with Crippen LogP contribution in [0.2, 0.25) is 0 Å². The highest BCUT2D eigenvalue weighted by atomic mass is 32.2. The normalized spacial score (nSPS) is 14.5. The largest absolute Gasteiger partial charge is 0.491 e. The lowest BCUT2D eigenvalue weighted by Gasteiger charge is -2.26. The second-order valence-electron chi connectivity index (χ2n) is 7.96. The van der Waals surface area contributed by atoms with Gasteiger partial charge in [0.25, 0.3) is 5.91 Å². The van der Waals surface area contributed by atoms with Crippen LogP contribution in [-0.4, -0.2) is 44.9 Å². The molecular formula is C26H28N2O4S. The first-order chi connectivity index (χ1) is 16.1. The minimum atomic E-state index is -3.58. The fourth-order valence-corrected chi connectivity index (χ4v) is 5.49. The maximum Gasteiger partial charge on any atom is 0.251 e. The van der Waals surface area contributed by atoms with Gasteiger partial charge < -0.3 is 10.1 Å². The second kappa shape index (κ2) is 10.6. The molecule has 0 bridgehead atoms. The van der Waals surface area contributed by atoms with E-state index in [0.717, 1.165) is 36.1 Å². The van der Waals surface area contributed by atoms with Crippen LogP contribution in [0.15, 0.2) is 83.8 Å². The van der Waals surface area contributed by atoms with Crippen LogP contribution < -0.4 is 10.1 Å². The number of amides is 1. The molecule has 33 heavy (non-hydrogen) atoms. The molecule has 3 aromatic rings. The van der Waals surface area contributed by atoms with Gasteiger partial charge in [-0.25, -0.2) is 8.42 Å². The summed E-state index contributed by atoms with van der Waals surface area (Å²) in [6, 6.07) is 24.0. The zero-order valence-electron chi connectivity index (χ0n) is 18.4. The number of hydrogen-bond acceptors (Lipinski definition) is 4. The summed E-state index contributed by atoms with van der Waals surface area (Å²) in [6.07, 6.45) is 2.78. The zero-order chi connectivity index (χ0) is 23.1. The molecule has 0 radical (unpaired) electrons. The Labute approximate surface area is 195 Å². The predicted molar refractivity (Wildman–Crippen MR) is 129 cm³/mol. The average molecular weight is 465 g/mol. The molecule has 1 saturated heterocycles. The van der Waals surface area contributed by atoms with Crippen LogP contribution >= 0.6 is 0 Å². The quantitative estimate of drug-likeness (QED) is 0.503. The fourth-order valence-electron chi connectivity index (χ4n) is 3.93. The molecular weight excluding hydrogens is 436 g/mol. The summed E-state index contributed by atoms with van der Waals surface area (Å²) >= 11 is 0. The van der Waals surface area contributed by atoms with Crippen LogP contribution in [0.1, 0.15) is 29.6 Å². The highest BCUT2D eigenvalue weighted by Crippen LogP contribution is 2.29. The van der Waals surface area contributed by atoms with Crippen molar-refractivity contribution in [3.05, 3.63) is 84.4 Å². The molecule has 0 aromatic heterocycles. The van der Waals surface area contributed by atoms with E-state index in [9.17, 15) is 13.2 Å². The van der Waals surface area contributed by atoms with Crippen LogP contribution in [0.4, 0.5) is 0 Å². The summed E-state index contributed by atoms with van der Waals surface area (Å²) in [6.45, 7) is 1.65. The monoisotopic (exact) mass is 464 g/mol. The van der Waals surface area contributed by atoms with Gasteiger partial charge in [-0.3, -0.25) is 4.79 Å². The molecule has 1 amide bonds. The van der Waals surface area contributed by atoms with Gasteiger partial charge in [0, 0.05) is 24.2 Å². The second-order valence-corrected chi connectivity index (χ2v) is 9.90. The molecule has 1 heterocycles. The van der Waals surface area contributed by atoms with Gasteiger partial charge in [-0.15, -0.1) is 0 Å². The first-order valence-corrected chi connectivity index (χ1v) is 12.7. The Kier molecular flexibility index (Phi) is 7.42. The molecule has 1 aliphatic rings. The summed E-state index contributed by atoms with van der Waals surface area (Å²) < 4.78 is 33.2. The summed E-state index contributed by atoms with van der Waals surface area (Å²) in [5, 5.41) is 2.81. The third-order valence-corrected chi connectivity index (χ3v) is 7.56. The van der Waals surface area contributed by atoms with E-state index in [0.29, 0.717) is 31.8 Å². The van der Waals surface area contributed by atoms with Crippen molar-refractivity contribution in [1.82, 2.24) is 9.62 Å². The first kappa shape index (κ1) is 23.0. The Morgan fingerprint density at radius 2 is 1.61 bits per heavy atom. The number of benzene rings is 3. The minimum Gasteiger partial charge on any atom is -0.491 e. The molecule has 4 rings (SSSR count). The van der Waals surface area contributed by atoms with Crippen molar-refractivity contribution in [2.75, 3.05) is 26.2 Å². The van der Waals surface area contributed by atoms with E-state index in [4.69, 9.17) is 4.74 Å². The van der Waals surface area contributed by atoms with Crippen molar-refractivity contribution in [2.45, 2.75) is 24.2 Å². The molecule has 0 unspecified atom stereocenters. The summed E-state index contributed by atoms with van der Waals surface area (Å²) in [5.41, 5.74) is 2.36. The number of nitrogens with one attached hydrogen (secondary N) is 1. The number of para-hydroxylation sites is 1. The highest BCUT2D eigenvalue weighted by molar-refractivity contribution is 7.89. The molecule has 1 N–H and O–H groups in total. The van der Waals surface area contributed by atoms with E-state index in [1.54, 1.807) is 18.2 Å². The number of carbonyl (C=O) groups is 1. The number of nitrogens with zero attached hydrogens (tertiary/aromatic N) is 1. The standard InChI is InChI=1S/C26H28N2O4S/c29-26(22-12-9-13-23(20-22)33(30,31)28-17-7-2-8-18-28)27-16-19-32-25-15-6-5-14-24(25)21-10-3-1-4-11-21/h1,3-6,9-15,20H,2,7-8,16-19H2,(H,27,29). The van der Waals surface area contributed by atoms with Gasteiger partial charge in [-0.2, -0.15) is 4.31 Å². The first-order valence-electron chi connectivity index (χ1n) is 11.2. The summed E-state index contributed by atoms with van der Waals surface area (Å²) in [4.78, 5) is 12.8. The molecule has 172 valence electrons. The van der Waals surface area contributed by atoms with Crippen LogP contribution in [0.3, 0.4) is 0 Å². The number of carbonyl (C=O) groups excluding carboxylic acids is 1. The lowest BCUT2D eigenvalue weighted by molar-refractivity contribution is 0.0947. The molecule has 6 nitrogen and oxygen atoms in total. The van der Waals surface area contributed by atoms with E-state index in [1.807, 2.05) is 54.6 Å². The fraction of sp³-hybridized carbons (Fsp3) is 0.269. The third kappa shape index (κ3) is 5.61. The van der Waals surface area contributed by atoms with Gasteiger partial charge >= 0.3 is 0 Å². The number of ether oxygens (including phenoxy) is 1. The van der Waals surface area contributed by atoms with E-state index in [1.165, 1.54) is 10.4 Å². The maximum atomic E-state index is 12.9. The number of rotatable bonds is 8. The number of hydrogen-bond donors (Lipinski definition) is 1.